The summed E-state index contributed by atoms with van der Waals surface area (Å²) in [6.07, 6.45) is 1.56. The average Bonchev–Trinajstić information content (AvgIpc) is 2.93. The Bertz CT molecular complexity index is 465. The predicted molar refractivity (Wildman–Crippen MR) is 66.7 cm³/mol. The van der Waals surface area contributed by atoms with Crippen LogP contribution in [0.25, 0.3) is 0 Å². The number of hydrogen-bond donors (Lipinski definition) is 1. The maximum absolute atomic E-state index is 5.68. The quantitative estimate of drug-likeness (QED) is 0.795. The molecule has 0 aliphatic heterocycles. The molecule has 0 aliphatic carbocycles. The third kappa shape index (κ3) is 3.34. The van der Waals surface area contributed by atoms with Crippen LogP contribution in [0.5, 0.6) is 0 Å². The van der Waals surface area contributed by atoms with Crippen LogP contribution < -0.4 is 5.32 Å². The lowest BCUT2D eigenvalue weighted by atomic mass is 10.4. The molecule has 2 rings (SSSR count). The van der Waals surface area contributed by atoms with Crippen LogP contribution in [0.15, 0.2) is 28.0 Å². The van der Waals surface area contributed by atoms with E-state index in [1.54, 1.807) is 22.8 Å². The highest BCUT2D eigenvalue weighted by Crippen LogP contribution is 2.21. The highest BCUT2D eigenvalue weighted by atomic mass is 32.2. The summed E-state index contributed by atoms with van der Waals surface area (Å²) in [5.74, 6) is 2.71. The molecule has 0 saturated carbocycles. The largest absolute Gasteiger partial charge is 0.464 e. The van der Waals surface area contributed by atoms with Crippen LogP contribution >= 0.6 is 11.8 Å². The zero-order chi connectivity index (χ0) is 12.1. The van der Waals surface area contributed by atoms with Crippen molar-refractivity contribution in [2.24, 2.45) is 7.05 Å². The normalized spacial score (nSPS) is 10.9. The van der Waals surface area contributed by atoms with Crippen LogP contribution in [-0.2, 0) is 19.3 Å². The summed E-state index contributed by atoms with van der Waals surface area (Å²) in [4.78, 5) is 4.15. The Morgan fingerprint density at radius 3 is 2.94 bits per heavy atom. The van der Waals surface area contributed by atoms with Gasteiger partial charge in [0.05, 0.1) is 12.3 Å². The van der Waals surface area contributed by atoms with Gasteiger partial charge in [-0.2, -0.15) is 5.10 Å². The standard InChI is InChI=1S/C11H16N4OS/c1-3-12-6-9-4-5-10(16-9)7-17-11-13-8-14-15(11)2/h4-5,8,12H,3,6-7H2,1-2H3. The number of furan rings is 1. The minimum absolute atomic E-state index is 0.776. The molecule has 92 valence electrons. The number of aromatic nitrogens is 3. The Balaban J connectivity index is 1.87. The molecule has 0 aliphatic rings. The molecule has 2 heterocycles. The van der Waals surface area contributed by atoms with Gasteiger partial charge in [0.25, 0.3) is 0 Å². The van der Waals surface area contributed by atoms with Crippen molar-refractivity contribution in [3.05, 3.63) is 30.0 Å². The second-order valence-corrected chi connectivity index (χ2v) is 4.55. The first-order valence-electron chi connectivity index (χ1n) is 5.54. The lowest BCUT2D eigenvalue weighted by Crippen LogP contribution is -2.10. The van der Waals surface area contributed by atoms with Crippen molar-refractivity contribution in [3.63, 3.8) is 0 Å². The van der Waals surface area contributed by atoms with Crippen LogP contribution in [0.1, 0.15) is 18.4 Å². The predicted octanol–water partition coefficient (Wildman–Crippen LogP) is 1.81. The summed E-state index contributed by atoms with van der Waals surface area (Å²) in [5, 5.41) is 8.15. The van der Waals surface area contributed by atoms with Gasteiger partial charge >= 0.3 is 0 Å². The van der Waals surface area contributed by atoms with Crippen molar-refractivity contribution in [3.8, 4) is 0 Å². The molecule has 0 atom stereocenters. The Hall–Kier alpha value is -1.27. The van der Waals surface area contributed by atoms with Crippen molar-refractivity contribution in [1.82, 2.24) is 20.1 Å². The molecule has 2 aromatic rings. The minimum atomic E-state index is 0.776. The number of aryl methyl sites for hydroxylation is 1. The fraction of sp³-hybridized carbons (Fsp3) is 0.455. The van der Waals surface area contributed by atoms with Gasteiger partial charge in [-0.15, -0.1) is 0 Å². The van der Waals surface area contributed by atoms with E-state index in [-0.39, 0.29) is 0 Å². The van der Waals surface area contributed by atoms with Gasteiger partial charge < -0.3 is 9.73 Å². The molecular formula is C11H16N4OS. The monoisotopic (exact) mass is 252 g/mol. The van der Waals surface area contributed by atoms with Gasteiger partial charge in [0, 0.05) is 7.05 Å². The second-order valence-electron chi connectivity index (χ2n) is 3.60. The third-order valence-electron chi connectivity index (χ3n) is 2.28. The van der Waals surface area contributed by atoms with Crippen molar-refractivity contribution >= 4 is 11.8 Å². The molecule has 0 spiro atoms. The van der Waals surface area contributed by atoms with Gasteiger partial charge in [0.15, 0.2) is 5.16 Å². The van der Waals surface area contributed by atoms with E-state index in [4.69, 9.17) is 4.42 Å². The fourth-order valence-corrected chi connectivity index (χ4v) is 2.18. The summed E-state index contributed by atoms with van der Waals surface area (Å²) in [6.45, 7) is 3.81. The SMILES string of the molecule is CCNCc1ccc(CSc2ncnn2C)o1. The van der Waals surface area contributed by atoms with E-state index in [1.165, 1.54) is 0 Å². The molecule has 0 aromatic carbocycles. The first-order valence-corrected chi connectivity index (χ1v) is 6.53. The topological polar surface area (TPSA) is 55.9 Å². The molecule has 5 nitrogen and oxygen atoms in total. The fourth-order valence-electron chi connectivity index (χ4n) is 1.40. The zero-order valence-electron chi connectivity index (χ0n) is 10.0. The van der Waals surface area contributed by atoms with Crippen molar-refractivity contribution in [2.75, 3.05) is 6.54 Å². The second kappa shape index (κ2) is 5.88. The number of nitrogens with zero attached hydrogens (tertiary/aromatic N) is 3. The Kier molecular flexibility index (Phi) is 4.22. The third-order valence-corrected chi connectivity index (χ3v) is 3.34. The maximum atomic E-state index is 5.68. The Labute approximate surface area is 105 Å². The van der Waals surface area contributed by atoms with Crippen LogP contribution in [0.3, 0.4) is 0 Å². The highest BCUT2D eigenvalue weighted by Gasteiger charge is 2.05. The lowest BCUT2D eigenvalue weighted by molar-refractivity contribution is 0.462. The van der Waals surface area contributed by atoms with Gasteiger partial charge in [0.2, 0.25) is 0 Å². The number of thioether (sulfide) groups is 1. The Morgan fingerprint density at radius 1 is 1.41 bits per heavy atom. The molecule has 17 heavy (non-hydrogen) atoms. The van der Waals surface area contributed by atoms with Gasteiger partial charge in [-0.1, -0.05) is 18.7 Å². The van der Waals surface area contributed by atoms with E-state index < -0.39 is 0 Å². The maximum Gasteiger partial charge on any atom is 0.186 e. The smallest absolute Gasteiger partial charge is 0.186 e. The van der Waals surface area contributed by atoms with Crippen LogP contribution in [-0.4, -0.2) is 21.3 Å². The van der Waals surface area contributed by atoms with Crippen LogP contribution in [0.2, 0.25) is 0 Å². The average molecular weight is 252 g/mol. The van der Waals surface area contributed by atoms with E-state index in [1.807, 2.05) is 19.2 Å². The number of hydrogen-bond acceptors (Lipinski definition) is 5. The summed E-state index contributed by atoms with van der Waals surface area (Å²) >= 11 is 1.62. The van der Waals surface area contributed by atoms with Crippen molar-refractivity contribution in [1.29, 1.82) is 0 Å². The van der Waals surface area contributed by atoms with Gasteiger partial charge in [-0.05, 0) is 18.7 Å². The molecule has 0 unspecified atom stereocenters. The molecule has 0 saturated heterocycles. The minimum Gasteiger partial charge on any atom is -0.464 e. The summed E-state index contributed by atoms with van der Waals surface area (Å²) in [7, 11) is 1.88. The molecule has 6 heteroatoms. The van der Waals surface area contributed by atoms with Gasteiger partial charge in [-0.3, -0.25) is 0 Å². The van der Waals surface area contributed by atoms with Crippen molar-refractivity contribution in [2.45, 2.75) is 24.4 Å². The van der Waals surface area contributed by atoms with E-state index in [9.17, 15) is 0 Å². The number of nitrogens with one attached hydrogen (secondary N) is 1. The molecule has 0 fully saturated rings. The Morgan fingerprint density at radius 2 is 2.24 bits per heavy atom. The molecule has 2 aromatic heterocycles. The zero-order valence-corrected chi connectivity index (χ0v) is 10.8. The van der Waals surface area contributed by atoms with Gasteiger partial charge in [-0.25, -0.2) is 9.67 Å². The molecule has 1 N–H and O–H groups in total. The molecular weight excluding hydrogens is 236 g/mol. The van der Waals surface area contributed by atoms with E-state index >= 15 is 0 Å². The van der Waals surface area contributed by atoms with Crippen molar-refractivity contribution < 1.29 is 4.42 Å². The van der Waals surface area contributed by atoms with E-state index in [2.05, 4.69) is 22.3 Å². The van der Waals surface area contributed by atoms with E-state index in [0.29, 0.717) is 0 Å². The first kappa shape index (κ1) is 12.2. The van der Waals surface area contributed by atoms with Crippen LogP contribution in [0.4, 0.5) is 0 Å². The summed E-state index contributed by atoms with van der Waals surface area (Å²) < 4.78 is 7.44. The first-order chi connectivity index (χ1) is 8.29. The molecule has 0 radical (unpaired) electrons. The number of rotatable bonds is 6. The summed E-state index contributed by atoms with van der Waals surface area (Å²) in [5.41, 5.74) is 0. The molecule has 0 amide bonds. The van der Waals surface area contributed by atoms with E-state index in [0.717, 1.165) is 35.5 Å². The highest BCUT2D eigenvalue weighted by molar-refractivity contribution is 7.98. The lowest BCUT2D eigenvalue weighted by Gasteiger charge is -1.99. The van der Waals surface area contributed by atoms with Crippen LogP contribution in [0, 0.1) is 0 Å². The van der Waals surface area contributed by atoms with Gasteiger partial charge in [0.1, 0.15) is 17.8 Å². The molecule has 0 bridgehead atoms. The summed E-state index contributed by atoms with van der Waals surface area (Å²) in [6, 6.07) is 4.02.